The van der Waals surface area contributed by atoms with E-state index < -0.39 is 0 Å². The molecule has 20 heavy (non-hydrogen) atoms. The van der Waals surface area contributed by atoms with Crippen LogP contribution in [0.2, 0.25) is 0 Å². The topological polar surface area (TPSA) is 49.8 Å². The highest BCUT2D eigenvalue weighted by atomic mass is 16.5. The van der Waals surface area contributed by atoms with E-state index in [4.69, 9.17) is 4.74 Å². The van der Waals surface area contributed by atoms with Gasteiger partial charge >= 0.3 is 0 Å². The Morgan fingerprint density at radius 3 is 2.70 bits per heavy atom. The molecular weight excluding hydrogens is 254 g/mol. The predicted molar refractivity (Wildman–Crippen MR) is 78.4 cm³/mol. The molecule has 0 aromatic carbocycles. The molecule has 1 heterocycles. The lowest BCUT2D eigenvalue weighted by molar-refractivity contribution is -0.138. The van der Waals surface area contributed by atoms with Gasteiger partial charge in [0.2, 0.25) is 5.91 Å². The first-order valence-corrected chi connectivity index (χ1v) is 8.20. The van der Waals surface area contributed by atoms with Crippen molar-refractivity contribution in [3.8, 4) is 0 Å². The summed E-state index contributed by atoms with van der Waals surface area (Å²) in [6, 6.07) is 0.272. The van der Waals surface area contributed by atoms with E-state index in [2.05, 4.69) is 4.90 Å². The molecule has 116 valence electrons. The molecule has 1 saturated heterocycles. The van der Waals surface area contributed by atoms with Crippen LogP contribution in [0, 0.1) is 5.92 Å². The molecule has 4 heteroatoms. The predicted octanol–water partition coefficient (Wildman–Crippen LogP) is 2.35. The van der Waals surface area contributed by atoms with Crippen molar-refractivity contribution < 1.29 is 14.6 Å². The largest absolute Gasteiger partial charge is 0.393 e. The summed E-state index contributed by atoms with van der Waals surface area (Å²) in [5.74, 6) is 0.556. The lowest BCUT2D eigenvalue weighted by Gasteiger charge is -2.43. The van der Waals surface area contributed by atoms with Crippen LogP contribution < -0.4 is 0 Å². The van der Waals surface area contributed by atoms with Gasteiger partial charge in [-0.05, 0) is 38.5 Å². The number of carbonyl (C=O) groups is 1. The Balaban J connectivity index is 1.95. The van der Waals surface area contributed by atoms with Crippen LogP contribution in [-0.2, 0) is 9.53 Å². The number of hydrogen-bond acceptors (Lipinski definition) is 3. The van der Waals surface area contributed by atoms with Crippen LogP contribution in [0.4, 0.5) is 0 Å². The quantitative estimate of drug-likeness (QED) is 0.788. The highest BCUT2D eigenvalue weighted by Crippen LogP contribution is 2.34. The number of ether oxygens (including phenoxy) is 1. The number of aliphatic hydroxyl groups excluding tert-OH is 1. The Morgan fingerprint density at radius 2 is 1.95 bits per heavy atom. The molecule has 1 aliphatic heterocycles. The van der Waals surface area contributed by atoms with Crippen LogP contribution in [0.1, 0.15) is 57.8 Å². The fourth-order valence-electron chi connectivity index (χ4n) is 3.81. The normalized spacial score (nSPS) is 31.3. The third-order valence-electron chi connectivity index (χ3n) is 4.88. The summed E-state index contributed by atoms with van der Waals surface area (Å²) in [6.45, 7) is 1.52. The smallest absolute Gasteiger partial charge is 0.222 e. The molecule has 0 aromatic heterocycles. The third kappa shape index (κ3) is 3.95. The summed E-state index contributed by atoms with van der Waals surface area (Å²) >= 11 is 0. The van der Waals surface area contributed by atoms with Gasteiger partial charge in [-0.2, -0.15) is 0 Å². The van der Waals surface area contributed by atoms with Crippen molar-refractivity contribution in [2.75, 3.05) is 20.3 Å². The SMILES string of the molecule is COCCCC(=O)N1CCCCC1C1CCCCC1O. The molecule has 1 saturated carbocycles. The fourth-order valence-corrected chi connectivity index (χ4v) is 3.81. The average Bonchev–Trinajstić information content (AvgIpc) is 2.48. The van der Waals surface area contributed by atoms with Gasteiger partial charge in [0.25, 0.3) is 0 Å². The Labute approximate surface area is 122 Å². The third-order valence-corrected chi connectivity index (χ3v) is 4.88. The first-order chi connectivity index (χ1) is 9.74. The minimum atomic E-state index is -0.207. The van der Waals surface area contributed by atoms with Crippen molar-refractivity contribution >= 4 is 5.91 Å². The average molecular weight is 283 g/mol. The van der Waals surface area contributed by atoms with Crippen molar-refractivity contribution in [2.45, 2.75) is 69.9 Å². The molecule has 3 unspecified atom stereocenters. The van der Waals surface area contributed by atoms with Gasteiger partial charge in [-0.15, -0.1) is 0 Å². The Bertz CT molecular complexity index is 308. The van der Waals surface area contributed by atoms with E-state index in [1.807, 2.05) is 0 Å². The maximum atomic E-state index is 12.4. The molecule has 0 spiro atoms. The summed E-state index contributed by atoms with van der Waals surface area (Å²) in [7, 11) is 1.67. The zero-order valence-electron chi connectivity index (χ0n) is 12.7. The summed E-state index contributed by atoms with van der Waals surface area (Å²) in [5, 5.41) is 10.3. The van der Waals surface area contributed by atoms with E-state index in [9.17, 15) is 9.90 Å². The summed E-state index contributed by atoms with van der Waals surface area (Å²) in [6.07, 6.45) is 8.85. The number of rotatable bonds is 5. The standard InChI is InChI=1S/C16H29NO3/c1-20-12-6-10-16(19)17-11-5-4-8-14(17)13-7-2-3-9-15(13)18/h13-15,18H,2-12H2,1H3. The minimum absolute atomic E-state index is 0.207. The van der Waals surface area contributed by atoms with E-state index >= 15 is 0 Å². The van der Waals surface area contributed by atoms with Crippen molar-refractivity contribution in [3.05, 3.63) is 0 Å². The van der Waals surface area contributed by atoms with Gasteiger partial charge in [0.05, 0.1) is 6.10 Å². The number of hydrogen-bond donors (Lipinski definition) is 1. The first kappa shape index (κ1) is 15.8. The van der Waals surface area contributed by atoms with E-state index in [0.29, 0.717) is 18.9 Å². The highest BCUT2D eigenvalue weighted by Gasteiger charge is 2.37. The van der Waals surface area contributed by atoms with Crippen LogP contribution >= 0.6 is 0 Å². The molecular formula is C16H29NO3. The van der Waals surface area contributed by atoms with Crippen LogP contribution in [0.5, 0.6) is 0 Å². The molecule has 1 N–H and O–H groups in total. The van der Waals surface area contributed by atoms with Crippen molar-refractivity contribution in [2.24, 2.45) is 5.92 Å². The van der Waals surface area contributed by atoms with E-state index in [-0.39, 0.29) is 18.1 Å². The number of aliphatic hydroxyl groups is 1. The first-order valence-electron chi connectivity index (χ1n) is 8.20. The van der Waals surface area contributed by atoms with E-state index in [0.717, 1.165) is 45.1 Å². The lowest BCUT2D eigenvalue weighted by Crippen LogP contribution is -2.51. The Kier molecular flexibility index (Phi) is 6.30. The van der Waals surface area contributed by atoms with Gasteiger partial charge < -0.3 is 14.7 Å². The number of carbonyl (C=O) groups excluding carboxylic acids is 1. The molecule has 0 aromatic rings. The summed E-state index contributed by atoms with van der Waals surface area (Å²) < 4.78 is 5.03. The van der Waals surface area contributed by atoms with Crippen molar-refractivity contribution in [1.82, 2.24) is 4.90 Å². The van der Waals surface area contributed by atoms with Crippen LogP contribution in [0.25, 0.3) is 0 Å². The van der Waals surface area contributed by atoms with Gasteiger partial charge in [-0.3, -0.25) is 4.79 Å². The highest BCUT2D eigenvalue weighted by molar-refractivity contribution is 5.76. The van der Waals surface area contributed by atoms with E-state index in [1.165, 1.54) is 12.8 Å². The van der Waals surface area contributed by atoms with Crippen LogP contribution in [0.3, 0.4) is 0 Å². The Hall–Kier alpha value is -0.610. The monoisotopic (exact) mass is 283 g/mol. The van der Waals surface area contributed by atoms with Gasteiger partial charge in [-0.25, -0.2) is 0 Å². The number of likely N-dealkylation sites (tertiary alicyclic amines) is 1. The molecule has 0 radical (unpaired) electrons. The molecule has 1 amide bonds. The maximum Gasteiger partial charge on any atom is 0.222 e. The second-order valence-corrected chi connectivity index (χ2v) is 6.26. The van der Waals surface area contributed by atoms with Gasteiger partial charge in [0, 0.05) is 38.6 Å². The molecule has 1 aliphatic carbocycles. The zero-order chi connectivity index (χ0) is 14.4. The number of methoxy groups -OCH3 is 1. The molecule has 2 fully saturated rings. The number of nitrogens with zero attached hydrogens (tertiary/aromatic N) is 1. The summed E-state index contributed by atoms with van der Waals surface area (Å²) in [4.78, 5) is 14.5. The molecule has 2 aliphatic rings. The number of amides is 1. The number of piperidine rings is 1. The fraction of sp³-hybridized carbons (Fsp3) is 0.938. The van der Waals surface area contributed by atoms with Gasteiger partial charge in [0.15, 0.2) is 0 Å². The van der Waals surface area contributed by atoms with Gasteiger partial charge in [-0.1, -0.05) is 12.8 Å². The molecule has 2 rings (SSSR count). The van der Waals surface area contributed by atoms with Crippen LogP contribution in [0.15, 0.2) is 0 Å². The second-order valence-electron chi connectivity index (χ2n) is 6.26. The minimum Gasteiger partial charge on any atom is -0.393 e. The maximum absolute atomic E-state index is 12.4. The Morgan fingerprint density at radius 1 is 1.20 bits per heavy atom. The van der Waals surface area contributed by atoms with Gasteiger partial charge in [0.1, 0.15) is 0 Å². The van der Waals surface area contributed by atoms with E-state index in [1.54, 1.807) is 7.11 Å². The van der Waals surface area contributed by atoms with Crippen molar-refractivity contribution in [3.63, 3.8) is 0 Å². The summed E-state index contributed by atoms with van der Waals surface area (Å²) in [5.41, 5.74) is 0. The zero-order valence-corrected chi connectivity index (χ0v) is 12.7. The lowest BCUT2D eigenvalue weighted by atomic mass is 9.78. The molecule has 3 atom stereocenters. The van der Waals surface area contributed by atoms with Crippen molar-refractivity contribution in [1.29, 1.82) is 0 Å². The second kappa shape index (κ2) is 7.99. The molecule has 4 nitrogen and oxygen atoms in total. The molecule has 0 bridgehead atoms. The van der Waals surface area contributed by atoms with Crippen LogP contribution in [-0.4, -0.2) is 48.3 Å².